The van der Waals surface area contributed by atoms with Crippen molar-refractivity contribution in [2.45, 2.75) is 12.2 Å². The van der Waals surface area contributed by atoms with Crippen LogP contribution in [0.1, 0.15) is 11.6 Å². The first-order valence-electron chi connectivity index (χ1n) is 3.59. The van der Waals surface area contributed by atoms with Crippen LogP contribution >= 0.6 is 24.0 Å². The Morgan fingerprint density at radius 3 is 2.20 bits per heavy atom. The number of halogens is 6. The fourth-order valence-corrected chi connectivity index (χ4v) is 1.08. The molecule has 0 heterocycles. The molecule has 0 aliphatic carbocycles. The van der Waals surface area contributed by atoms with Crippen molar-refractivity contribution in [2.24, 2.45) is 5.73 Å². The maximum absolute atomic E-state index is 12.6. The lowest BCUT2D eigenvalue weighted by Crippen LogP contribution is -2.28. The molecular formula is C8H7Cl2F4N. The molecule has 0 aliphatic heterocycles. The molecule has 1 atom stereocenters. The molecule has 15 heavy (non-hydrogen) atoms. The lowest BCUT2D eigenvalue weighted by Gasteiger charge is -2.15. The van der Waals surface area contributed by atoms with Gasteiger partial charge in [-0.2, -0.15) is 13.2 Å². The van der Waals surface area contributed by atoms with Gasteiger partial charge in [-0.25, -0.2) is 4.39 Å². The van der Waals surface area contributed by atoms with E-state index in [1.165, 1.54) is 0 Å². The summed E-state index contributed by atoms with van der Waals surface area (Å²) in [6.07, 6.45) is -4.55. The minimum Gasteiger partial charge on any atom is -0.316 e. The molecule has 0 saturated carbocycles. The Kier molecular flexibility index (Phi) is 4.83. The van der Waals surface area contributed by atoms with Crippen LogP contribution in [-0.2, 0) is 0 Å². The molecule has 2 N–H and O–H groups in total. The quantitative estimate of drug-likeness (QED) is 0.772. The Morgan fingerprint density at radius 2 is 1.80 bits per heavy atom. The van der Waals surface area contributed by atoms with Crippen molar-refractivity contribution < 1.29 is 17.6 Å². The van der Waals surface area contributed by atoms with Crippen LogP contribution < -0.4 is 5.73 Å². The van der Waals surface area contributed by atoms with Crippen LogP contribution in [0.25, 0.3) is 0 Å². The zero-order valence-corrected chi connectivity index (χ0v) is 8.76. The smallest absolute Gasteiger partial charge is 0.316 e. The fraction of sp³-hybridized carbons (Fsp3) is 0.250. The molecule has 1 aromatic rings. The summed E-state index contributed by atoms with van der Waals surface area (Å²) in [5.74, 6) is -0.773. The number of rotatable bonds is 1. The van der Waals surface area contributed by atoms with Crippen molar-refractivity contribution >= 4 is 24.0 Å². The standard InChI is InChI=1S/C8H6ClF4N.ClH/c9-5-3-4(1-2-6(5)10)7(14)8(11,12)13;/h1-3,7H,14H2;1H/t7-;/m0./s1. The molecule has 0 saturated heterocycles. The normalized spacial score (nSPS) is 13.2. The summed E-state index contributed by atoms with van der Waals surface area (Å²) < 4.78 is 48.9. The fourth-order valence-electron chi connectivity index (χ4n) is 0.895. The first-order chi connectivity index (χ1) is 6.32. The molecule has 86 valence electrons. The highest BCUT2D eigenvalue weighted by atomic mass is 35.5. The highest BCUT2D eigenvalue weighted by Gasteiger charge is 2.37. The summed E-state index contributed by atoms with van der Waals surface area (Å²) in [4.78, 5) is 0. The molecule has 0 unspecified atom stereocenters. The van der Waals surface area contributed by atoms with Gasteiger partial charge in [-0.3, -0.25) is 0 Å². The van der Waals surface area contributed by atoms with Crippen molar-refractivity contribution in [3.63, 3.8) is 0 Å². The highest BCUT2D eigenvalue weighted by molar-refractivity contribution is 6.30. The third-order valence-electron chi connectivity index (χ3n) is 1.66. The minimum absolute atomic E-state index is 0. The Hall–Kier alpha value is -0.520. The van der Waals surface area contributed by atoms with Gasteiger partial charge in [0.05, 0.1) is 5.02 Å². The second-order valence-electron chi connectivity index (χ2n) is 2.69. The number of alkyl halides is 3. The van der Waals surface area contributed by atoms with Crippen LogP contribution in [0.5, 0.6) is 0 Å². The van der Waals surface area contributed by atoms with Crippen molar-refractivity contribution in [1.82, 2.24) is 0 Å². The van der Waals surface area contributed by atoms with Crippen LogP contribution in [0.3, 0.4) is 0 Å². The van der Waals surface area contributed by atoms with Gasteiger partial charge in [0.1, 0.15) is 11.9 Å². The van der Waals surface area contributed by atoms with E-state index in [0.717, 1.165) is 18.2 Å². The second-order valence-corrected chi connectivity index (χ2v) is 3.10. The van der Waals surface area contributed by atoms with Crippen molar-refractivity contribution in [3.05, 3.63) is 34.6 Å². The Balaban J connectivity index is 0.00000196. The van der Waals surface area contributed by atoms with Gasteiger partial charge in [-0.05, 0) is 17.7 Å². The van der Waals surface area contributed by atoms with Gasteiger partial charge in [0, 0.05) is 0 Å². The highest BCUT2D eigenvalue weighted by Crippen LogP contribution is 2.31. The molecule has 1 aromatic carbocycles. The minimum atomic E-state index is -4.55. The lowest BCUT2D eigenvalue weighted by molar-refractivity contribution is -0.149. The van der Waals surface area contributed by atoms with Gasteiger partial charge in [0.15, 0.2) is 0 Å². The zero-order valence-electron chi connectivity index (χ0n) is 7.18. The van der Waals surface area contributed by atoms with Gasteiger partial charge in [-0.1, -0.05) is 17.7 Å². The van der Waals surface area contributed by atoms with E-state index in [9.17, 15) is 17.6 Å². The predicted octanol–water partition coefficient (Wildman–Crippen LogP) is 3.46. The first kappa shape index (κ1) is 14.5. The summed E-state index contributed by atoms with van der Waals surface area (Å²) in [6.45, 7) is 0. The molecule has 7 heteroatoms. The SMILES string of the molecule is Cl.N[C@@H](c1ccc(F)c(Cl)c1)C(F)(F)F. The molecule has 0 spiro atoms. The van der Waals surface area contributed by atoms with Crippen molar-refractivity contribution in [3.8, 4) is 0 Å². The second kappa shape index (κ2) is 5.01. The number of hydrogen-bond acceptors (Lipinski definition) is 1. The van der Waals surface area contributed by atoms with Crippen LogP contribution in [0, 0.1) is 5.82 Å². The van der Waals surface area contributed by atoms with Crippen LogP contribution in [0.2, 0.25) is 5.02 Å². The van der Waals surface area contributed by atoms with Crippen LogP contribution in [0.15, 0.2) is 18.2 Å². The van der Waals surface area contributed by atoms with Crippen molar-refractivity contribution in [1.29, 1.82) is 0 Å². The van der Waals surface area contributed by atoms with Gasteiger partial charge >= 0.3 is 6.18 Å². The summed E-state index contributed by atoms with van der Waals surface area (Å²) in [5.41, 5.74) is 4.62. The maximum Gasteiger partial charge on any atom is 0.407 e. The summed E-state index contributed by atoms with van der Waals surface area (Å²) >= 11 is 5.31. The summed E-state index contributed by atoms with van der Waals surface area (Å²) in [5, 5.41) is -0.373. The monoisotopic (exact) mass is 263 g/mol. The predicted molar refractivity (Wildman–Crippen MR) is 51.6 cm³/mol. The van der Waals surface area contributed by atoms with Gasteiger partial charge in [0.2, 0.25) is 0 Å². The maximum atomic E-state index is 12.6. The first-order valence-corrected chi connectivity index (χ1v) is 3.97. The zero-order chi connectivity index (χ0) is 10.9. The van der Waals surface area contributed by atoms with Crippen LogP contribution in [0.4, 0.5) is 17.6 Å². The Bertz CT molecular complexity index is 340. The van der Waals surface area contributed by atoms with E-state index in [4.69, 9.17) is 17.3 Å². The molecule has 0 radical (unpaired) electrons. The van der Waals surface area contributed by atoms with Crippen molar-refractivity contribution in [2.75, 3.05) is 0 Å². The Morgan fingerprint density at radius 1 is 1.27 bits per heavy atom. The lowest BCUT2D eigenvalue weighted by atomic mass is 10.1. The summed E-state index contributed by atoms with van der Waals surface area (Å²) in [6, 6.07) is 0.540. The average molecular weight is 264 g/mol. The van der Waals surface area contributed by atoms with Gasteiger partial charge in [-0.15, -0.1) is 12.4 Å². The van der Waals surface area contributed by atoms with E-state index in [2.05, 4.69) is 0 Å². The number of nitrogens with two attached hydrogens (primary N) is 1. The largest absolute Gasteiger partial charge is 0.407 e. The van der Waals surface area contributed by atoms with Gasteiger partial charge < -0.3 is 5.73 Å². The van der Waals surface area contributed by atoms with E-state index in [0.29, 0.717) is 0 Å². The molecular weight excluding hydrogens is 257 g/mol. The molecule has 0 fully saturated rings. The third-order valence-corrected chi connectivity index (χ3v) is 1.95. The molecule has 0 aliphatic rings. The third kappa shape index (κ3) is 3.52. The van der Waals surface area contributed by atoms with Gasteiger partial charge in [0.25, 0.3) is 0 Å². The molecule has 1 rings (SSSR count). The van der Waals surface area contributed by atoms with Crippen LogP contribution in [-0.4, -0.2) is 6.18 Å². The van der Waals surface area contributed by atoms with E-state index in [1.807, 2.05) is 0 Å². The Labute approximate surface area is 94.6 Å². The number of hydrogen-bond donors (Lipinski definition) is 1. The van der Waals surface area contributed by atoms with E-state index < -0.39 is 18.0 Å². The average Bonchev–Trinajstić information content (AvgIpc) is 2.07. The molecule has 1 nitrogen and oxygen atoms in total. The van der Waals surface area contributed by atoms with E-state index >= 15 is 0 Å². The topological polar surface area (TPSA) is 26.0 Å². The van der Waals surface area contributed by atoms with E-state index in [1.54, 1.807) is 0 Å². The number of benzene rings is 1. The molecule has 0 aromatic heterocycles. The molecule has 0 bridgehead atoms. The summed E-state index contributed by atoms with van der Waals surface area (Å²) in [7, 11) is 0. The molecule has 0 amide bonds. The van der Waals surface area contributed by atoms with E-state index in [-0.39, 0.29) is 23.0 Å².